The van der Waals surface area contributed by atoms with Gasteiger partial charge in [0.05, 0.1) is 29.4 Å². The Bertz CT molecular complexity index is 1350. The topological polar surface area (TPSA) is 132 Å². The molecular formula is C19H20ClN3O7S. The van der Waals surface area contributed by atoms with Crippen molar-refractivity contribution in [1.29, 1.82) is 0 Å². The minimum atomic E-state index is -3.69. The molecule has 4 rings (SSSR count). The molecule has 3 aromatic rings. The summed E-state index contributed by atoms with van der Waals surface area (Å²) in [5.41, 5.74) is 0.476. The molecule has 31 heavy (non-hydrogen) atoms. The van der Waals surface area contributed by atoms with Crippen LogP contribution in [0.1, 0.15) is 18.2 Å². The van der Waals surface area contributed by atoms with Crippen LogP contribution >= 0.6 is 11.6 Å². The standard InChI is InChI=1S/C19H20ClN3O7S/c1-10-15-17(21-30-10)16-13(20)4-3-5-14(16)23(18(15)24)12-6-11(9-29-31(2,27)28)7-22(8-12)19(25)26/h3-5,11-12H,6-9H2,1-2H3,(H,25,26). The van der Waals surface area contributed by atoms with E-state index in [0.717, 1.165) is 11.2 Å². The Balaban J connectivity index is 1.88. The third kappa shape index (κ3) is 4.00. The summed E-state index contributed by atoms with van der Waals surface area (Å²) in [6.07, 6.45) is 0.119. The monoisotopic (exact) mass is 469 g/mol. The number of pyridine rings is 1. The van der Waals surface area contributed by atoms with Gasteiger partial charge in [0.1, 0.15) is 16.7 Å². The second-order valence-electron chi connectivity index (χ2n) is 7.70. The molecule has 1 saturated heterocycles. The average Bonchev–Trinajstić information content (AvgIpc) is 3.07. The number of carboxylic acid groups (broad SMARTS) is 1. The summed E-state index contributed by atoms with van der Waals surface area (Å²) < 4.78 is 34.5. The summed E-state index contributed by atoms with van der Waals surface area (Å²) >= 11 is 6.43. The summed E-state index contributed by atoms with van der Waals surface area (Å²) in [6, 6.07) is 4.52. The highest BCUT2D eigenvalue weighted by Crippen LogP contribution is 2.34. The molecule has 0 aliphatic carbocycles. The normalized spacial score (nSPS) is 19.9. The van der Waals surface area contributed by atoms with Crippen LogP contribution in [0.2, 0.25) is 5.02 Å². The van der Waals surface area contributed by atoms with E-state index in [9.17, 15) is 23.1 Å². The van der Waals surface area contributed by atoms with Gasteiger partial charge in [0.25, 0.3) is 15.7 Å². The Hall–Kier alpha value is -2.63. The summed E-state index contributed by atoms with van der Waals surface area (Å²) in [7, 11) is -3.69. The van der Waals surface area contributed by atoms with Gasteiger partial charge in [-0.05, 0) is 25.5 Å². The lowest BCUT2D eigenvalue weighted by atomic mass is 9.94. The van der Waals surface area contributed by atoms with E-state index in [4.69, 9.17) is 20.3 Å². The fourth-order valence-electron chi connectivity index (χ4n) is 4.19. The van der Waals surface area contributed by atoms with Gasteiger partial charge < -0.3 is 19.1 Å². The van der Waals surface area contributed by atoms with E-state index in [1.807, 2.05) is 0 Å². The maximum atomic E-state index is 13.5. The number of hydrogen-bond acceptors (Lipinski definition) is 7. The summed E-state index contributed by atoms with van der Waals surface area (Å²) in [6.45, 7) is 1.60. The van der Waals surface area contributed by atoms with Crippen LogP contribution in [0.15, 0.2) is 27.5 Å². The molecule has 2 atom stereocenters. The fraction of sp³-hybridized carbons (Fsp3) is 0.421. The zero-order valence-corrected chi connectivity index (χ0v) is 18.3. The molecule has 1 N–H and O–H groups in total. The third-order valence-electron chi connectivity index (χ3n) is 5.45. The van der Waals surface area contributed by atoms with E-state index in [0.29, 0.717) is 33.6 Å². The van der Waals surface area contributed by atoms with E-state index < -0.39 is 28.2 Å². The molecule has 1 aliphatic heterocycles. The van der Waals surface area contributed by atoms with Crippen LogP contribution in [0.5, 0.6) is 0 Å². The number of amides is 1. The number of rotatable bonds is 4. The Morgan fingerprint density at radius 2 is 2.10 bits per heavy atom. The molecule has 1 aliphatic rings. The van der Waals surface area contributed by atoms with Gasteiger partial charge in [-0.3, -0.25) is 8.98 Å². The molecule has 0 spiro atoms. The quantitative estimate of drug-likeness (QED) is 0.576. The molecular weight excluding hydrogens is 450 g/mol. The molecule has 166 valence electrons. The first-order chi connectivity index (χ1) is 14.6. The van der Waals surface area contributed by atoms with Crippen molar-refractivity contribution >= 4 is 49.6 Å². The zero-order chi connectivity index (χ0) is 22.5. The molecule has 0 radical (unpaired) electrons. The van der Waals surface area contributed by atoms with Crippen LogP contribution in [0, 0.1) is 12.8 Å². The number of carbonyl (C=O) groups is 1. The maximum Gasteiger partial charge on any atom is 0.407 e. The lowest BCUT2D eigenvalue weighted by molar-refractivity contribution is 0.0848. The Morgan fingerprint density at radius 1 is 1.35 bits per heavy atom. The second kappa shape index (κ2) is 7.81. The van der Waals surface area contributed by atoms with Gasteiger partial charge in [0.2, 0.25) is 0 Å². The van der Waals surface area contributed by atoms with Crippen LogP contribution in [-0.2, 0) is 14.3 Å². The number of fused-ring (bicyclic) bond motifs is 3. The van der Waals surface area contributed by atoms with Gasteiger partial charge >= 0.3 is 6.09 Å². The van der Waals surface area contributed by atoms with Gasteiger partial charge in [-0.15, -0.1) is 0 Å². The van der Waals surface area contributed by atoms with Gasteiger partial charge in [-0.25, -0.2) is 4.79 Å². The predicted molar refractivity (Wildman–Crippen MR) is 113 cm³/mol. The van der Waals surface area contributed by atoms with Crippen molar-refractivity contribution in [3.63, 3.8) is 0 Å². The summed E-state index contributed by atoms with van der Waals surface area (Å²) in [5.74, 6) is -0.0941. The Morgan fingerprint density at radius 3 is 2.77 bits per heavy atom. The van der Waals surface area contributed by atoms with Crippen molar-refractivity contribution < 1.29 is 27.0 Å². The van der Waals surface area contributed by atoms with Crippen molar-refractivity contribution in [3.05, 3.63) is 39.3 Å². The number of nitrogens with zero attached hydrogens (tertiary/aromatic N) is 3. The minimum absolute atomic E-state index is 0.0576. The SMILES string of the molecule is Cc1onc2c1c(=O)n(C1CC(COS(C)(=O)=O)CN(C(=O)O)C1)c1cccc(Cl)c21. The summed E-state index contributed by atoms with van der Waals surface area (Å²) in [4.78, 5) is 26.4. The van der Waals surface area contributed by atoms with Crippen LogP contribution in [0.3, 0.4) is 0 Å². The van der Waals surface area contributed by atoms with E-state index in [1.54, 1.807) is 25.1 Å². The first-order valence-corrected chi connectivity index (χ1v) is 11.7. The lowest BCUT2D eigenvalue weighted by Crippen LogP contribution is -2.47. The van der Waals surface area contributed by atoms with E-state index in [1.165, 1.54) is 4.57 Å². The van der Waals surface area contributed by atoms with Gasteiger partial charge in [-0.1, -0.05) is 22.8 Å². The molecule has 1 fully saturated rings. The zero-order valence-electron chi connectivity index (χ0n) is 16.7. The maximum absolute atomic E-state index is 13.5. The number of halogens is 1. The van der Waals surface area contributed by atoms with Crippen molar-refractivity contribution in [2.24, 2.45) is 5.92 Å². The van der Waals surface area contributed by atoms with Crippen molar-refractivity contribution in [2.45, 2.75) is 19.4 Å². The molecule has 3 heterocycles. The highest BCUT2D eigenvalue weighted by atomic mass is 35.5. The molecule has 1 amide bonds. The minimum Gasteiger partial charge on any atom is -0.465 e. The number of likely N-dealkylation sites (tertiary alicyclic amines) is 1. The van der Waals surface area contributed by atoms with E-state index in [2.05, 4.69) is 5.16 Å². The number of hydrogen-bond donors (Lipinski definition) is 1. The molecule has 0 saturated carbocycles. The van der Waals surface area contributed by atoms with Crippen LogP contribution < -0.4 is 5.56 Å². The number of aromatic nitrogens is 2. The smallest absolute Gasteiger partial charge is 0.407 e. The van der Waals surface area contributed by atoms with Gasteiger partial charge in [-0.2, -0.15) is 8.42 Å². The molecule has 0 bridgehead atoms. The average molecular weight is 470 g/mol. The van der Waals surface area contributed by atoms with Crippen molar-refractivity contribution in [3.8, 4) is 0 Å². The van der Waals surface area contributed by atoms with E-state index in [-0.39, 0.29) is 30.6 Å². The lowest BCUT2D eigenvalue weighted by Gasteiger charge is -2.37. The second-order valence-corrected chi connectivity index (χ2v) is 9.75. The van der Waals surface area contributed by atoms with Gasteiger partial charge in [0.15, 0.2) is 0 Å². The third-order valence-corrected chi connectivity index (χ3v) is 6.33. The molecule has 1 aromatic carbocycles. The number of benzene rings is 1. The van der Waals surface area contributed by atoms with Crippen LogP contribution in [0.25, 0.3) is 21.8 Å². The summed E-state index contributed by atoms with van der Waals surface area (Å²) in [5, 5.41) is 14.8. The molecule has 10 nitrogen and oxygen atoms in total. The first kappa shape index (κ1) is 21.6. The van der Waals surface area contributed by atoms with Gasteiger partial charge in [0, 0.05) is 24.4 Å². The van der Waals surface area contributed by atoms with Crippen molar-refractivity contribution in [1.82, 2.24) is 14.6 Å². The predicted octanol–water partition coefficient (Wildman–Crippen LogP) is 2.62. The Kier molecular flexibility index (Phi) is 5.44. The van der Waals surface area contributed by atoms with E-state index >= 15 is 0 Å². The van der Waals surface area contributed by atoms with Crippen LogP contribution in [0.4, 0.5) is 4.79 Å². The number of aryl methyl sites for hydroxylation is 1. The van der Waals surface area contributed by atoms with Crippen molar-refractivity contribution in [2.75, 3.05) is 26.0 Å². The first-order valence-electron chi connectivity index (χ1n) is 9.47. The Labute approximate surface area is 182 Å². The molecule has 2 aromatic heterocycles. The highest BCUT2D eigenvalue weighted by molar-refractivity contribution is 7.85. The fourth-order valence-corrected chi connectivity index (χ4v) is 4.89. The number of piperidine rings is 1. The molecule has 2 unspecified atom stereocenters. The molecule has 12 heteroatoms. The largest absolute Gasteiger partial charge is 0.465 e. The van der Waals surface area contributed by atoms with Crippen LogP contribution in [-0.4, -0.2) is 60.2 Å². The highest BCUT2D eigenvalue weighted by Gasteiger charge is 2.34.